The molecule has 1 aromatic carbocycles. The van der Waals surface area contributed by atoms with E-state index in [0.717, 1.165) is 35.7 Å². The van der Waals surface area contributed by atoms with E-state index in [1.165, 1.54) is 58.3 Å². The van der Waals surface area contributed by atoms with E-state index in [1.807, 2.05) is 6.92 Å². The Morgan fingerprint density at radius 3 is 2.29 bits per heavy atom. The summed E-state index contributed by atoms with van der Waals surface area (Å²) in [5, 5.41) is 0. The number of aryl methyl sites for hydroxylation is 1. The molecule has 42 heavy (non-hydrogen) atoms. The van der Waals surface area contributed by atoms with Crippen LogP contribution in [0.1, 0.15) is 118 Å². The number of ether oxygens (including phenoxy) is 1. The van der Waals surface area contributed by atoms with Gasteiger partial charge in [-0.15, -0.1) is 0 Å². The third-order valence-corrected chi connectivity index (χ3v) is 14.1. The van der Waals surface area contributed by atoms with Crippen LogP contribution >= 0.6 is 0 Å². The summed E-state index contributed by atoms with van der Waals surface area (Å²) in [6, 6.07) is 6.77. The molecule has 0 unspecified atom stereocenters. The second-order valence-electron chi connectivity index (χ2n) is 15.7. The van der Waals surface area contributed by atoms with E-state index in [-0.39, 0.29) is 16.3 Å². The van der Waals surface area contributed by atoms with Crippen molar-refractivity contribution in [1.29, 1.82) is 0 Å². The fourth-order valence-corrected chi connectivity index (χ4v) is 11.7. The maximum absolute atomic E-state index is 13.3. The van der Waals surface area contributed by atoms with Crippen LogP contribution < -0.4 is 0 Å². The van der Waals surface area contributed by atoms with Crippen molar-refractivity contribution in [2.24, 2.45) is 52.3 Å². The maximum atomic E-state index is 13.3. The number of carbonyl (C=O) groups excluding carboxylic acids is 1. The van der Waals surface area contributed by atoms with Gasteiger partial charge in [-0.05, 0) is 123 Å². The van der Waals surface area contributed by atoms with Crippen LogP contribution in [0.3, 0.4) is 0 Å². The van der Waals surface area contributed by atoms with Gasteiger partial charge in [0.05, 0.1) is 4.90 Å². The largest absolute Gasteiger partial charge is 0.460 e. The normalized spacial score (nSPS) is 38.8. The Labute approximate surface area is 256 Å². The summed E-state index contributed by atoms with van der Waals surface area (Å²) in [5.41, 5.74) is 1.45. The summed E-state index contributed by atoms with van der Waals surface area (Å²) < 4.78 is 38.4. The van der Waals surface area contributed by atoms with Gasteiger partial charge in [-0.25, -0.2) is 0 Å². The van der Waals surface area contributed by atoms with Crippen molar-refractivity contribution in [3.05, 3.63) is 29.8 Å². The second kappa shape index (κ2) is 12.2. The zero-order valence-electron chi connectivity index (χ0n) is 27.2. The minimum atomic E-state index is -3.96. The third kappa shape index (κ3) is 6.10. The lowest BCUT2D eigenvalue weighted by atomic mass is 9.44. The van der Waals surface area contributed by atoms with Gasteiger partial charge < -0.3 is 4.74 Å². The van der Waals surface area contributed by atoms with Crippen molar-refractivity contribution >= 4 is 16.1 Å². The highest BCUT2D eigenvalue weighted by Crippen LogP contribution is 2.68. The molecule has 1 aromatic rings. The van der Waals surface area contributed by atoms with E-state index >= 15 is 0 Å². The van der Waals surface area contributed by atoms with Crippen molar-refractivity contribution in [2.75, 3.05) is 0 Å². The Kier molecular flexibility index (Phi) is 9.28. The number of benzene rings is 1. The molecule has 4 fully saturated rings. The molecule has 5 rings (SSSR count). The molecule has 0 radical (unpaired) electrons. The maximum Gasteiger partial charge on any atom is 0.302 e. The zero-order chi connectivity index (χ0) is 30.4. The number of hydrogen-bond acceptors (Lipinski definition) is 5. The van der Waals surface area contributed by atoms with Gasteiger partial charge in [0.2, 0.25) is 0 Å². The molecule has 4 aliphatic rings. The highest BCUT2D eigenvalue weighted by Gasteiger charge is 2.62. The molecular formula is C36H56O5S. The Morgan fingerprint density at radius 2 is 1.62 bits per heavy atom. The minimum absolute atomic E-state index is 0.0266. The lowest BCUT2D eigenvalue weighted by molar-refractivity contribution is -0.179. The van der Waals surface area contributed by atoms with Crippen LogP contribution in [0.4, 0.5) is 0 Å². The summed E-state index contributed by atoms with van der Waals surface area (Å²) in [6.07, 6.45) is 11.7. The summed E-state index contributed by atoms with van der Waals surface area (Å²) >= 11 is 0. The standard InChI is InChI=1S/C36H56O5S/c1-23(2)9-8-10-25(4)30-17-18-31-29-16-13-27-21-33(41-42(38,39)28-14-11-24(3)12-15-28)34(40-26(5)37)22-36(27,7)32(29)19-20-35(30,31)6/h11-12,14-15,23,25,27,29-34H,8-10,13,16-22H2,1-7H3/t25-,27-,29+,30-,31+,32+,33-,34+,35-,36+/m1/s1. The van der Waals surface area contributed by atoms with Gasteiger partial charge in [-0.3, -0.25) is 8.98 Å². The molecule has 0 spiro atoms. The number of carbonyl (C=O) groups is 1. The van der Waals surface area contributed by atoms with Crippen LogP contribution in [0, 0.1) is 59.2 Å². The SMILES string of the molecule is CC(=O)O[C@H]1C[C@@]2(C)[C@H](CC[C@@H]3[C@@H]2CC[C@]2(C)[C@@H]([C@H](C)CCCC(C)C)CC[C@@H]32)C[C@H]1OS(=O)(=O)c1ccc(C)cc1. The average molecular weight is 601 g/mol. The predicted molar refractivity (Wildman–Crippen MR) is 167 cm³/mol. The number of fused-ring (bicyclic) bond motifs is 5. The summed E-state index contributed by atoms with van der Waals surface area (Å²) in [5.74, 6) is 4.49. The van der Waals surface area contributed by atoms with E-state index in [1.54, 1.807) is 24.3 Å². The third-order valence-electron chi connectivity index (χ3n) is 12.7. The smallest absolute Gasteiger partial charge is 0.302 e. The van der Waals surface area contributed by atoms with Gasteiger partial charge in [0, 0.05) is 6.92 Å². The first-order valence-electron chi connectivity index (χ1n) is 16.9. The van der Waals surface area contributed by atoms with E-state index in [2.05, 4.69) is 34.6 Å². The molecule has 0 aromatic heterocycles. The molecule has 0 amide bonds. The molecule has 0 aliphatic heterocycles. The van der Waals surface area contributed by atoms with Gasteiger partial charge >= 0.3 is 5.97 Å². The van der Waals surface area contributed by atoms with Crippen molar-refractivity contribution in [2.45, 2.75) is 136 Å². The van der Waals surface area contributed by atoms with E-state index < -0.39 is 22.3 Å². The molecular weight excluding hydrogens is 544 g/mol. The monoisotopic (exact) mass is 600 g/mol. The van der Waals surface area contributed by atoms with Gasteiger partial charge in [-0.1, -0.05) is 71.6 Å². The lowest BCUT2D eigenvalue weighted by Crippen LogP contribution is -2.57. The van der Waals surface area contributed by atoms with Crippen LogP contribution in [0.25, 0.3) is 0 Å². The van der Waals surface area contributed by atoms with E-state index in [4.69, 9.17) is 8.92 Å². The first kappa shape index (κ1) is 32.0. The van der Waals surface area contributed by atoms with E-state index in [9.17, 15) is 13.2 Å². The molecule has 0 N–H and O–H groups in total. The summed E-state index contributed by atoms with van der Waals surface area (Å²) in [7, 11) is -3.96. The molecule has 4 saturated carbocycles. The average Bonchev–Trinajstić information content (AvgIpc) is 3.26. The van der Waals surface area contributed by atoms with Gasteiger partial charge in [0.1, 0.15) is 12.2 Å². The fraction of sp³-hybridized carbons (Fsp3) is 0.806. The minimum Gasteiger partial charge on any atom is -0.460 e. The van der Waals surface area contributed by atoms with Crippen molar-refractivity contribution in [1.82, 2.24) is 0 Å². The van der Waals surface area contributed by atoms with Crippen LogP contribution in [-0.2, 0) is 23.8 Å². The van der Waals surface area contributed by atoms with Crippen molar-refractivity contribution in [3.8, 4) is 0 Å². The number of rotatable bonds is 9. The van der Waals surface area contributed by atoms with Gasteiger partial charge in [0.15, 0.2) is 0 Å². The van der Waals surface area contributed by atoms with Crippen molar-refractivity contribution < 1.29 is 22.1 Å². The molecule has 0 saturated heterocycles. The highest BCUT2D eigenvalue weighted by atomic mass is 32.2. The number of hydrogen-bond donors (Lipinski definition) is 0. The van der Waals surface area contributed by atoms with Crippen molar-refractivity contribution in [3.63, 3.8) is 0 Å². The predicted octanol–water partition coefficient (Wildman–Crippen LogP) is 8.73. The Bertz CT molecular complexity index is 1210. The molecule has 236 valence electrons. The first-order chi connectivity index (χ1) is 19.7. The molecule has 0 heterocycles. The second-order valence-corrected chi connectivity index (χ2v) is 17.2. The van der Waals surface area contributed by atoms with Crippen LogP contribution in [0.5, 0.6) is 0 Å². The van der Waals surface area contributed by atoms with Crippen LogP contribution in [0.2, 0.25) is 0 Å². The quantitative estimate of drug-likeness (QED) is 0.209. The Morgan fingerprint density at radius 1 is 0.929 bits per heavy atom. The molecule has 6 heteroatoms. The van der Waals surface area contributed by atoms with Gasteiger partial charge in [0.25, 0.3) is 10.1 Å². The molecule has 10 atom stereocenters. The number of esters is 1. The van der Waals surface area contributed by atoms with Crippen LogP contribution in [0.15, 0.2) is 29.2 Å². The Hall–Kier alpha value is -1.40. The van der Waals surface area contributed by atoms with E-state index in [0.29, 0.717) is 36.0 Å². The summed E-state index contributed by atoms with van der Waals surface area (Å²) in [4.78, 5) is 12.4. The molecule has 4 aliphatic carbocycles. The Balaban J connectivity index is 1.33. The van der Waals surface area contributed by atoms with Gasteiger partial charge in [-0.2, -0.15) is 8.42 Å². The fourth-order valence-electron chi connectivity index (χ4n) is 10.6. The summed E-state index contributed by atoms with van der Waals surface area (Å²) in [6.45, 7) is 15.6. The highest BCUT2D eigenvalue weighted by molar-refractivity contribution is 7.86. The van der Waals surface area contributed by atoms with Crippen LogP contribution in [-0.4, -0.2) is 26.6 Å². The molecule has 5 nitrogen and oxygen atoms in total. The molecule has 0 bridgehead atoms. The zero-order valence-corrected chi connectivity index (χ0v) is 28.0. The lowest BCUT2D eigenvalue weighted by Gasteiger charge is -2.62. The topological polar surface area (TPSA) is 69.7 Å². The first-order valence-corrected chi connectivity index (χ1v) is 18.3.